The molecule has 1 heterocycles. The van der Waals surface area contributed by atoms with Crippen molar-refractivity contribution in [1.29, 1.82) is 0 Å². The van der Waals surface area contributed by atoms with Crippen LogP contribution < -0.4 is 4.90 Å². The highest BCUT2D eigenvalue weighted by Gasteiger charge is 2.24. The third-order valence-electron chi connectivity index (χ3n) is 3.56. The maximum absolute atomic E-state index is 3.59. The zero-order chi connectivity index (χ0) is 15.1. The van der Waals surface area contributed by atoms with Crippen LogP contribution in [0.4, 0.5) is 17.1 Å². The maximum Gasteiger partial charge on any atom is 0.0602 e. The number of fused-ring (bicyclic) bond motifs is 2. The lowest BCUT2D eigenvalue weighted by Crippen LogP contribution is -2.14. The lowest BCUT2D eigenvalue weighted by Gasteiger charge is -2.33. The highest BCUT2D eigenvalue weighted by atomic mass is 127. The summed E-state index contributed by atoms with van der Waals surface area (Å²) >= 11 is 7.79. The van der Waals surface area contributed by atoms with E-state index < -0.39 is 0 Å². The largest absolute Gasteiger partial charge is 0.308 e. The summed E-state index contributed by atoms with van der Waals surface area (Å²) in [5.74, 6) is 0. The van der Waals surface area contributed by atoms with Crippen LogP contribution in [0.25, 0.3) is 0 Å². The van der Waals surface area contributed by atoms with E-state index in [0.717, 1.165) is 4.47 Å². The highest BCUT2D eigenvalue weighted by Crippen LogP contribution is 2.52. The SMILES string of the molecule is Brc1ccc2c(c1)Sc1cc(I)ccc1N2c1ccccc1. The Morgan fingerprint density at radius 3 is 2.27 bits per heavy atom. The maximum atomic E-state index is 3.59. The van der Waals surface area contributed by atoms with Gasteiger partial charge in [-0.05, 0) is 71.1 Å². The van der Waals surface area contributed by atoms with Gasteiger partial charge < -0.3 is 4.90 Å². The van der Waals surface area contributed by atoms with Gasteiger partial charge in [-0.3, -0.25) is 0 Å². The molecule has 0 atom stereocenters. The number of anilines is 3. The Labute approximate surface area is 156 Å². The zero-order valence-corrected chi connectivity index (χ0v) is 16.0. The smallest absolute Gasteiger partial charge is 0.0602 e. The third-order valence-corrected chi connectivity index (χ3v) is 5.82. The number of benzene rings is 3. The number of rotatable bonds is 1. The molecule has 3 aromatic carbocycles. The standard InChI is InChI=1S/C18H11BrINS/c19-12-6-8-15-17(10-12)22-18-11-13(20)7-9-16(18)21(15)14-4-2-1-3-5-14/h1-11H. The topological polar surface area (TPSA) is 3.24 Å². The zero-order valence-electron chi connectivity index (χ0n) is 11.5. The molecule has 0 saturated heterocycles. The van der Waals surface area contributed by atoms with E-state index in [1.807, 2.05) is 11.8 Å². The molecule has 22 heavy (non-hydrogen) atoms. The lowest BCUT2D eigenvalue weighted by atomic mass is 10.2. The molecule has 0 spiro atoms. The molecule has 0 bridgehead atoms. The van der Waals surface area contributed by atoms with Gasteiger partial charge in [0.25, 0.3) is 0 Å². The molecule has 0 aliphatic carbocycles. The second-order valence-corrected chi connectivity index (χ2v) is 8.24. The van der Waals surface area contributed by atoms with Gasteiger partial charge in [-0.15, -0.1) is 0 Å². The van der Waals surface area contributed by atoms with Crippen molar-refractivity contribution in [1.82, 2.24) is 0 Å². The van der Waals surface area contributed by atoms with Crippen LogP contribution in [0, 0.1) is 3.57 Å². The van der Waals surface area contributed by atoms with E-state index in [-0.39, 0.29) is 0 Å². The first-order chi connectivity index (χ1) is 10.7. The average Bonchev–Trinajstić information content (AvgIpc) is 2.53. The highest BCUT2D eigenvalue weighted by molar-refractivity contribution is 14.1. The molecule has 0 N–H and O–H groups in total. The molecule has 1 aliphatic rings. The summed E-state index contributed by atoms with van der Waals surface area (Å²) in [7, 11) is 0. The van der Waals surface area contributed by atoms with E-state index in [2.05, 4.69) is 110 Å². The molecule has 4 rings (SSSR count). The number of para-hydroxylation sites is 1. The van der Waals surface area contributed by atoms with Gasteiger partial charge in [-0.1, -0.05) is 45.9 Å². The van der Waals surface area contributed by atoms with Gasteiger partial charge in [0.2, 0.25) is 0 Å². The number of halogens is 2. The second kappa shape index (κ2) is 5.91. The fourth-order valence-electron chi connectivity index (χ4n) is 2.61. The normalized spacial score (nSPS) is 12.7. The van der Waals surface area contributed by atoms with Gasteiger partial charge in [0.15, 0.2) is 0 Å². The predicted molar refractivity (Wildman–Crippen MR) is 106 cm³/mol. The molecule has 0 aromatic heterocycles. The van der Waals surface area contributed by atoms with Crippen LogP contribution in [-0.4, -0.2) is 0 Å². The summed E-state index contributed by atoms with van der Waals surface area (Å²) in [5.41, 5.74) is 3.66. The molecule has 1 aliphatic heterocycles. The minimum Gasteiger partial charge on any atom is -0.308 e. The number of hydrogen-bond donors (Lipinski definition) is 0. The van der Waals surface area contributed by atoms with E-state index in [9.17, 15) is 0 Å². The fraction of sp³-hybridized carbons (Fsp3) is 0. The van der Waals surface area contributed by atoms with Gasteiger partial charge in [-0.25, -0.2) is 0 Å². The van der Waals surface area contributed by atoms with Crippen molar-refractivity contribution in [2.45, 2.75) is 9.79 Å². The van der Waals surface area contributed by atoms with Crippen LogP contribution in [0.1, 0.15) is 0 Å². The number of nitrogens with zero attached hydrogens (tertiary/aromatic N) is 1. The Morgan fingerprint density at radius 2 is 1.50 bits per heavy atom. The molecule has 0 radical (unpaired) electrons. The molecule has 3 aromatic rings. The van der Waals surface area contributed by atoms with E-state index in [1.54, 1.807) is 0 Å². The summed E-state index contributed by atoms with van der Waals surface area (Å²) in [6.07, 6.45) is 0. The van der Waals surface area contributed by atoms with E-state index >= 15 is 0 Å². The first-order valence-corrected chi connectivity index (χ1v) is 9.53. The number of hydrogen-bond acceptors (Lipinski definition) is 2. The molecule has 108 valence electrons. The van der Waals surface area contributed by atoms with Gasteiger partial charge in [0.05, 0.1) is 11.4 Å². The summed E-state index contributed by atoms with van der Waals surface area (Å²) in [4.78, 5) is 4.90. The summed E-state index contributed by atoms with van der Waals surface area (Å²) < 4.78 is 2.37. The van der Waals surface area contributed by atoms with Crippen molar-refractivity contribution in [2.24, 2.45) is 0 Å². The Morgan fingerprint density at radius 1 is 0.818 bits per heavy atom. The summed E-state index contributed by atoms with van der Waals surface area (Å²) in [5, 5.41) is 0. The molecular formula is C18H11BrINS. The summed E-state index contributed by atoms with van der Waals surface area (Å²) in [6, 6.07) is 23.6. The first-order valence-electron chi connectivity index (χ1n) is 6.84. The van der Waals surface area contributed by atoms with Gasteiger partial charge in [0, 0.05) is 23.5 Å². The quantitative estimate of drug-likeness (QED) is 0.271. The summed E-state index contributed by atoms with van der Waals surface area (Å²) in [6.45, 7) is 0. The monoisotopic (exact) mass is 479 g/mol. The average molecular weight is 480 g/mol. The molecule has 0 unspecified atom stereocenters. The van der Waals surface area contributed by atoms with E-state index in [0.29, 0.717) is 0 Å². The molecular weight excluding hydrogens is 469 g/mol. The van der Waals surface area contributed by atoms with Crippen molar-refractivity contribution in [3.8, 4) is 0 Å². The fourth-order valence-corrected chi connectivity index (χ4v) is 4.96. The minimum absolute atomic E-state index is 1.11. The van der Waals surface area contributed by atoms with Gasteiger partial charge >= 0.3 is 0 Å². The Balaban J connectivity index is 1.97. The van der Waals surface area contributed by atoms with E-state index in [1.165, 1.54) is 30.4 Å². The molecule has 0 amide bonds. The predicted octanol–water partition coefficient (Wildman–Crippen LogP) is 6.99. The second-order valence-electron chi connectivity index (χ2n) is 5.00. The van der Waals surface area contributed by atoms with Crippen molar-refractivity contribution >= 4 is 67.3 Å². The van der Waals surface area contributed by atoms with Crippen LogP contribution >= 0.6 is 50.3 Å². The van der Waals surface area contributed by atoms with E-state index in [4.69, 9.17) is 0 Å². The molecule has 1 nitrogen and oxygen atoms in total. The minimum atomic E-state index is 1.11. The Bertz CT molecular complexity index is 799. The Kier molecular flexibility index (Phi) is 3.92. The van der Waals surface area contributed by atoms with Crippen LogP contribution in [0.5, 0.6) is 0 Å². The molecule has 4 heteroatoms. The Hall–Kier alpha value is -0.980. The molecule has 0 fully saturated rings. The van der Waals surface area contributed by atoms with Crippen molar-refractivity contribution in [3.63, 3.8) is 0 Å². The van der Waals surface area contributed by atoms with Gasteiger partial charge in [-0.2, -0.15) is 0 Å². The lowest BCUT2D eigenvalue weighted by molar-refractivity contribution is 1.16. The van der Waals surface area contributed by atoms with Crippen LogP contribution in [0.3, 0.4) is 0 Å². The van der Waals surface area contributed by atoms with Crippen molar-refractivity contribution in [2.75, 3.05) is 4.90 Å². The van der Waals surface area contributed by atoms with Crippen molar-refractivity contribution < 1.29 is 0 Å². The van der Waals surface area contributed by atoms with Gasteiger partial charge in [0.1, 0.15) is 0 Å². The third kappa shape index (κ3) is 2.57. The van der Waals surface area contributed by atoms with Crippen LogP contribution in [-0.2, 0) is 0 Å². The van der Waals surface area contributed by atoms with Crippen LogP contribution in [0.2, 0.25) is 0 Å². The first kappa shape index (κ1) is 14.6. The van der Waals surface area contributed by atoms with Crippen molar-refractivity contribution in [3.05, 3.63) is 74.8 Å². The molecule has 0 saturated carbocycles. The van der Waals surface area contributed by atoms with Crippen LogP contribution in [0.15, 0.2) is 81.0 Å².